The van der Waals surface area contributed by atoms with Crippen molar-refractivity contribution >= 4 is 15.7 Å². The zero-order chi connectivity index (χ0) is 15.3. The van der Waals surface area contributed by atoms with E-state index < -0.39 is 14.9 Å². The number of rotatable bonds is 7. The number of aliphatic hydroxyl groups is 1. The third-order valence-corrected chi connectivity index (χ3v) is 4.86. The summed E-state index contributed by atoms with van der Waals surface area (Å²) >= 11 is 0. The van der Waals surface area contributed by atoms with Crippen LogP contribution >= 0.6 is 0 Å². The van der Waals surface area contributed by atoms with Gasteiger partial charge in [0, 0.05) is 25.2 Å². The first-order valence-corrected chi connectivity index (χ1v) is 7.64. The van der Waals surface area contributed by atoms with Crippen molar-refractivity contribution in [3.8, 4) is 0 Å². The Kier molecular flexibility index (Phi) is 5.61. The first-order chi connectivity index (χ1) is 9.34. The highest BCUT2D eigenvalue weighted by atomic mass is 32.2. The van der Waals surface area contributed by atoms with Gasteiger partial charge in [-0.25, -0.2) is 8.42 Å². The lowest BCUT2D eigenvalue weighted by Gasteiger charge is -2.21. The van der Waals surface area contributed by atoms with Crippen LogP contribution < -0.4 is 0 Å². The Labute approximate surface area is 118 Å². The summed E-state index contributed by atoms with van der Waals surface area (Å²) in [4.78, 5) is 10.1. The average molecular weight is 302 g/mol. The number of hydrogen-bond acceptors (Lipinski definition) is 5. The van der Waals surface area contributed by atoms with Crippen molar-refractivity contribution in [3.05, 3.63) is 33.9 Å². The lowest BCUT2D eigenvalue weighted by molar-refractivity contribution is -0.385. The molecule has 0 amide bonds. The van der Waals surface area contributed by atoms with Gasteiger partial charge in [0.1, 0.15) is 0 Å². The fraction of sp³-hybridized carbons (Fsp3) is 0.500. The van der Waals surface area contributed by atoms with Crippen LogP contribution in [0.25, 0.3) is 0 Å². The molecule has 0 aromatic heterocycles. The van der Waals surface area contributed by atoms with Crippen molar-refractivity contribution in [2.24, 2.45) is 0 Å². The van der Waals surface area contributed by atoms with E-state index in [4.69, 9.17) is 5.11 Å². The van der Waals surface area contributed by atoms with Crippen LogP contribution in [0.15, 0.2) is 23.1 Å². The largest absolute Gasteiger partial charge is 0.395 e. The van der Waals surface area contributed by atoms with Crippen molar-refractivity contribution in [1.82, 2.24) is 4.31 Å². The summed E-state index contributed by atoms with van der Waals surface area (Å²) in [6, 6.07) is 3.74. The fourth-order valence-corrected chi connectivity index (χ4v) is 3.60. The summed E-state index contributed by atoms with van der Waals surface area (Å²) in [6.45, 7) is 3.33. The van der Waals surface area contributed by atoms with Gasteiger partial charge in [0.05, 0.1) is 16.4 Å². The number of hydrogen-bond donors (Lipinski definition) is 1. The summed E-state index contributed by atoms with van der Waals surface area (Å²) in [5.74, 6) is 0. The van der Waals surface area contributed by atoms with Crippen molar-refractivity contribution in [3.63, 3.8) is 0 Å². The minimum Gasteiger partial charge on any atom is -0.395 e. The molecule has 0 fully saturated rings. The highest BCUT2D eigenvalue weighted by molar-refractivity contribution is 7.89. The second-order valence-electron chi connectivity index (χ2n) is 4.33. The Morgan fingerprint density at radius 2 is 2.00 bits per heavy atom. The van der Waals surface area contributed by atoms with E-state index in [2.05, 4.69) is 0 Å². The minimum absolute atomic E-state index is 0.0295. The predicted octanol–water partition coefficient (Wildman–Crippen LogP) is 1.30. The maximum Gasteiger partial charge on any atom is 0.270 e. The number of sulfonamides is 1. The molecule has 0 unspecified atom stereocenters. The third-order valence-electron chi connectivity index (χ3n) is 2.82. The molecule has 1 aromatic rings. The van der Waals surface area contributed by atoms with E-state index in [1.54, 1.807) is 6.92 Å². The summed E-state index contributed by atoms with van der Waals surface area (Å²) in [5.41, 5.74) is 0.171. The number of non-ortho nitro benzene ring substituents is 1. The van der Waals surface area contributed by atoms with E-state index >= 15 is 0 Å². The van der Waals surface area contributed by atoms with E-state index in [0.29, 0.717) is 12.0 Å². The highest BCUT2D eigenvalue weighted by Gasteiger charge is 2.26. The molecule has 7 nitrogen and oxygen atoms in total. The van der Waals surface area contributed by atoms with Crippen LogP contribution in [-0.2, 0) is 10.0 Å². The zero-order valence-corrected chi connectivity index (χ0v) is 12.3. The van der Waals surface area contributed by atoms with Crippen molar-refractivity contribution in [1.29, 1.82) is 0 Å². The maximum atomic E-state index is 12.5. The molecule has 0 aliphatic carbocycles. The summed E-state index contributed by atoms with van der Waals surface area (Å²) in [5, 5.41) is 19.7. The molecular weight excluding hydrogens is 284 g/mol. The van der Waals surface area contributed by atoms with E-state index in [0.717, 1.165) is 10.4 Å². The normalized spacial score (nSPS) is 11.8. The molecule has 0 spiro atoms. The highest BCUT2D eigenvalue weighted by Crippen LogP contribution is 2.24. The number of aliphatic hydroxyl groups excluding tert-OH is 1. The Morgan fingerprint density at radius 3 is 2.50 bits per heavy atom. The lowest BCUT2D eigenvalue weighted by atomic mass is 10.2. The van der Waals surface area contributed by atoms with E-state index in [-0.39, 0.29) is 30.3 Å². The standard InChI is InChI=1S/C12H18N2O5S/c1-3-6-13(7-8-15)20(18,19)12-9-11(14(16)17)5-4-10(12)2/h4-5,9,15H,3,6-8H2,1-2H3. The van der Waals surface area contributed by atoms with Crippen LogP contribution in [0, 0.1) is 17.0 Å². The van der Waals surface area contributed by atoms with Gasteiger partial charge in [-0.1, -0.05) is 13.0 Å². The van der Waals surface area contributed by atoms with Gasteiger partial charge in [0.25, 0.3) is 5.69 Å². The molecule has 0 aliphatic rings. The lowest BCUT2D eigenvalue weighted by Crippen LogP contribution is -2.34. The first-order valence-electron chi connectivity index (χ1n) is 6.20. The number of aryl methyl sites for hydroxylation is 1. The van der Waals surface area contributed by atoms with Gasteiger partial charge in [-0.05, 0) is 18.9 Å². The van der Waals surface area contributed by atoms with Crippen LogP contribution in [0.3, 0.4) is 0 Å². The fourth-order valence-electron chi connectivity index (χ4n) is 1.83. The summed E-state index contributed by atoms with van der Waals surface area (Å²) < 4.78 is 26.1. The number of nitro benzene ring substituents is 1. The molecule has 1 rings (SSSR count). The number of nitro groups is 1. The average Bonchev–Trinajstić information content (AvgIpc) is 2.38. The molecule has 0 bridgehead atoms. The minimum atomic E-state index is -3.84. The summed E-state index contributed by atoms with van der Waals surface area (Å²) in [7, 11) is -3.84. The molecule has 1 N–H and O–H groups in total. The Bertz CT molecular complexity index is 580. The molecule has 8 heteroatoms. The van der Waals surface area contributed by atoms with Crippen molar-refractivity contribution < 1.29 is 18.4 Å². The molecule has 0 saturated heterocycles. The van der Waals surface area contributed by atoms with Crippen LogP contribution in [0.4, 0.5) is 5.69 Å². The summed E-state index contributed by atoms with van der Waals surface area (Å²) in [6.07, 6.45) is 0.590. The van der Waals surface area contributed by atoms with Gasteiger partial charge in [-0.2, -0.15) is 4.31 Å². The topological polar surface area (TPSA) is 101 Å². The van der Waals surface area contributed by atoms with E-state index in [1.165, 1.54) is 12.1 Å². The monoisotopic (exact) mass is 302 g/mol. The maximum absolute atomic E-state index is 12.5. The van der Waals surface area contributed by atoms with Gasteiger partial charge in [-0.15, -0.1) is 0 Å². The van der Waals surface area contributed by atoms with E-state index in [1.807, 2.05) is 6.92 Å². The molecule has 0 radical (unpaired) electrons. The van der Waals surface area contributed by atoms with Crippen LogP contribution in [0.1, 0.15) is 18.9 Å². The number of benzene rings is 1. The second-order valence-corrected chi connectivity index (χ2v) is 6.24. The van der Waals surface area contributed by atoms with Gasteiger partial charge in [-0.3, -0.25) is 10.1 Å². The molecule has 0 saturated carbocycles. The second kappa shape index (κ2) is 6.78. The molecule has 0 atom stereocenters. The first kappa shape index (κ1) is 16.5. The molecule has 20 heavy (non-hydrogen) atoms. The zero-order valence-electron chi connectivity index (χ0n) is 11.4. The molecule has 1 aromatic carbocycles. The molecule has 0 aliphatic heterocycles. The number of nitrogens with zero attached hydrogens (tertiary/aromatic N) is 2. The van der Waals surface area contributed by atoms with Gasteiger partial charge in [0.15, 0.2) is 0 Å². The smallest absolute Gasteiger partial charge is 0.270 e. The van der Waals surface area contributed by atoms with Gasteiger partial charge >= 0.3 is 0 Å². The quantitative estimate of drug-likeness (QED) is 0.604. The van der Waals surface area contributed by atoms with Crippen LogP contribution in [0.5, 0.6) is 0 Å². The van der Waals surface area contributed by atoms with Gasteiger partial charge in [0.2, 0.25) is 10.0 Å². The molecule has 0 heterocycles. The molecule has 112 valence electrons. The Hall–Kier alpha value is -1.51. The van der Waals surface area contributed by atoms with Crippen LogP contribution in [-0.4, -0.2) is 42.4 Å². The van der Waals surface area contributed by atoms with Crippen LogP contribution in [0.2, 0.25) is 0 Å². The van der Waals surface area contributed by atoms with Crippen molar-refractivity contribution in [2.75, 3.05) is 19.7 Å². The van der Waals surface area contributed by atoms with Crippen molar-refractivity contribution in [2.45, 2.75) is 25.2 Å². The Balaban J connectivity index is 3.32. The third kappa shape index (κ3) is 3.53. The Morgan fingerprint density at radius 1 is 1.35 bits per heavy atom. The SMILES string of the molecule is CCCN(CCO)S(=O)(=O)c1cc([N+](=O)[O-])ccc1C. The molecular formula is C12H18N2O5S. The van der Waals surface area contributed by atoms with E-state index in [9.17, 15) is 18.5 Å². The predicted molar refractivity (Wildman–Crippen MR) is 74.0 cm³/mol. The van der Waals surface area contributed by atoms with Gasteiger partial charge < -0.3 is 5.11 Å².